The van der Waals surface area contributed by atoms with Gasteiger partial charge in [-0.05, 0) is 23.8 Å². The summed E-state index contributed by atoms with van der Waals surface area (Å²) in [6.07, 6.45) is 0.833. The van der Waals surface area contributed by atoms with Gasteiger partial charge in [0, 0.05) is 24.5 Å². The van der Waals surface area contributed by atoms with Gasteiger partial charge in [0.15, 0.2) is 0 Å². The summed E-state index contributed by atoms with van der Waals surface area (Å²) >= 11 is 1.80. The first-order valence-electron chi connectivity index (χ1n) is 5.17. The normalized spacial score (nSPS) is 29.3. The van der Waals surface area contributed by atoms with Crippen LogP contribution in [0.2, 0.25) is 0 Å². The molecule has 0 aliphatic carbocycles. The minimum absolute atomic E-state index is 0.126. The maximum absolute atomic E-state index is 9.64. The van der Waals surface area contributed by atoms with E-state index in [1.807, 2.05) is 0 Å². The topological polar surface area (TPSA) is 23.5 Å². The number of aliphatic hydroxyl groups excluding tert-OH is 1. The molecule has 0 amide bonds. The van der Waals surface area contributed by atoms with Crippen LogP contribution in [0.15, 0.2) is 17.5 Å². The van der Waals surface area contributed by atoms with Crippen molar-refractivity contribution in [3.8, 4) is 0 Å². The molecule has 0 bridgehead atoms. The van der Waals surface area contributed by atoms with E-state index in [1.54, 1.807) is 11.3 Å². The molecular formula is C11H17NOS. The molecule has 78 valence electrons. The van der Waals surface area contributed by atoms with Crippen molar-refractivity contribution >= 4 is 11.3 Å². The van der Waals surface area contributed by atoms with Gasteiger partial charge in [0.1, 0.15) is 0 Å². The van der Waals surface area contributed by atoms with Crippen molar-refractivity contribution in [1.29, 1.82) is 0 Å². The van der Waals surface area contributed by atoms with Crippen molar-refractivity contribution in [2.75, 3.05) is 13.1 Å². The molecule has 3 heteroatoms. The van der Waals surface area contributed by atoms with Crippen molar-refractivity contribution in [2.45, 2.75) is 26.0 Å². The number of hydrogen-bond donors (Lipinski definition) is 1. The molecule has 1 aromatic rings. The van der Waals surface area contributed by atoms with Crippen LogP contribution >= 0.6 is 11.3 Å². The molecule has 0 spiro atoms. The molecule has 1 N–H and O–H groups in total. The molecule has 14 heavy (non-hydrogen) atoms. The first-order chi connectivity index (χ1) is 6.74. The SMILES string of the molecule is C[C@@H]1C[C@H](O)CN(Cc2cccs2)C1. The van der Waals surface area contributed by atoms with E-state index in [4.69, 9.17) is 0 Å². The molecule has 2 heterocycles. The minimum atomic E-state index is -0.126. The highest BCUT2D eigenvalue weighted by molar-refractivity contribution is 7.09. The lowest BCUT2D eigenvalue weighted by Gasteiger charge is -2.33. The Hall–Kier alpha value is -0.380. The Labute approximate surface area is 89.2 Å². The van der Waals surface area contributed by atoms with Crippen molar-refractivity contribution in [1.82, 2.24) is 4.90 Å². The maximum atomic E-state index is 9.64. The summed E-state index contributed by atoms with van der Waals surface area (Å²) in [4.78, 5) is 3.75. The smallest absolute Gasteiger partial charge is 0.0670 e. The predicted molar refractivity (Wildman–Crippen MR) is 59.4 cm³/mol. The third-order valence-electron chi connectivity index (χ3n) is 2.67. The molecule has 0 saturated carbocycles. The zero-order valence-corrected chi connectivity index (χ0v) is 9.33. The van der Waals surface area contributed by atoms with Crippen LogP contribution in [-0.4, -0.2) is 29.2 Å². The number of nitrogens with zero attached hydrogens (tertiary/aromatic N) is 1. The Morgan fingerprint density at radius 3 is 3.07 bits per heavy atom. The second-order valence-corrected chi connectivity index (χ2v) is 5.30. The lowest BCUT2D eigenvalue weighted by molar-refractivity contribution is 0.0414. The lowest BCUT2D eigenvalue weighted by Crippen LogP contribution is -2.41. The molecule has 2 rings (SSSR count). The van der Waals surface area contributed by atoms with E-state index in [1.165, 1.54) is 4.88 Å². The highest BCUT2D eigenvalue weighted by atomic mass is 32.1. The van der Waals surface area contributed by atoms with Gasteiger partial charge < -0.3 is 5.11 Å². The van der Waals surface area contributed by atoms with Crippen LogP contribution in [0.3, 0.4) is 0 Å². The van der Waals surface area contributed by atoms with Crippen LogP contribution < -0.4 is 0 Å². The summed E-state index contributed by atoms with van der Waals surface area (Å²) in [5, 5.41) is 11.8. The van der Waals surface area contributed by atoms with E-state index in [9.17, 15) is 5.11 Å². The highest BCUT2D eigenvalue weighted by Gasteiger charge is 2.22. The Bertz CT molecular complexity index is 263. The second-order valence-electron chi connectivity index (χ2n) is 4.27. The first kappa shape index (κ1) is 10.1. The standard InChI is InChI=1S/C11H17NOS/c1-9-5-10(13)7-12(6-9)8-11-3-2-4-14-11/h2-4,9-10,13H,5-8H2,1H3/t9-,10+/m1/s1. The molecule has 0 unspecified atom stereocenters. The molecule has 1 aromatic heterocycles. The largest absolute Gasteiger partial charge is 0.392 e. The number of rotatable bonds is 2. The minimum Gasteiger partial charge on any atom is -0.392 e. The molecule has 0 radical (unpaired) electrons. The third-order valence-corrected chi connectivity index (χ3v) is 3.53. The number of aliphatic hydroxyl groups is 1. The fraction of sp³-hybridized carbons (Fsp3) is 0.636. The van der Waals surface area contributed by atoms with Crippen LogP contribution in [0.5, 0.6) is 0 Å². The monoisotopic (exact) mass is 211 g/mol. The van der Waals surface area contributed by atoms with Gasteiger partial charge in [-0.25, -0.2) is 0 Å². The van der Waals surface area contributed by atoms with Crippen LogP contribution in [0.1, 0.15) is 18.2 Å². The summed E-state index contributed by atoms with van der Waals surface area (Å²) < 4.78 is 0. The van der Waals surface area contributed by atoms with Gasteiger partial charge in [-0.2, -0.15) is 0 Å². The van der Waals surface area contributed by atoms with Gasteiger partial charge in [0.05, 0.1) is 6.10 Å². The van der Waals surface area contributed by atoms with Crippen LogP contribution in [0.4, 0.5) is 0 Å². The highest BCUT2D eigenvalue weighted by Crippen LogP contribution is 2.19. The van der Waals surface area contributed by atoms with Gasteiger partial charge in [-0.1, -0.05) is 13.0 Å². The number of likely N-dealkylation sites (tertiary alicyclic amines) is 1. The van der Waals surface area contributed by atoms with Gasteiger partial charge >= 0.3 is 0 Å². The number of thiophene rings is 1. The molecule has 2 atom stereocenters. The van der Waals surface area contributed by atoms with Gasteiger partial charge in [0.25, 0.3) is 0 Å². The Morgan fingerprint density at radius 1 is 1.57 bits per heavy atom. The molecule has 1 aliphatic heterocycles. The number of β-amino-alcohol motifs (C(OH)–C–C–N with tert-alkyl or cyclic N) is 1. The molecular weight excluding hydrogens is 194 g/mol. The molecule has 1 aliphatic rings. The molecule has 0 aromatic carbocycles. The maximum Gasteiger partial charge on any atom is 0.0670 e. The van der Waals surface area contributed by atoms with Gasteiger partial charge in [-0.3, -0.25) is 4.90 Å². The Morgan fingerprint density at radius 2 is 2.43 bits per heavy atom. The van der Waals surface area contributed by atoms with Crippen LogP contribution in [0.25, 0.3) is 0 Å². The summed E-state index contributed by atoms with van der Waals surface area (Å²) in [6.45, 7) is 5.17. The molecule has 1 saturated heterocycles. The second kappa shape index (κ2) is 4.43. The summed E-state index contributed by atoms with van der Waals surface area (Å²) in [7, 11) is 0. The van der Waals surface area contributed by atoms with E-state index in [2.05, 4.69) is 29.3 Å². The van der Waals surface area contributed by atoms with Crippen molar-refractivity contribution in [2.24, 2.45) is 5.92 Å². The third kappa shape index (κ3) is 2.56. The number of piperidine rings is 1. The van der Waals surface area contributed by atoms with Crippen molar-refractivity contribution < 1.29 is 5.11 Å². The Kier molecular flexibility index (Phi) is 3.21. The van der Waals surface area contributed by atoms with Crippen LogP contribution in [-0.2, 0) is 6.54 Å². The fourth-order valence-corrected chi connectivity index (χ4v) is 2.93. The van der Waals surface area contributed by atoms with E-state index >= 15 is 0 Å². The van der Waals surface area contributed by atoms with Gasteiger partial charge in [0.2, 0.25) is 0 Å². The predicted octanol–water partition coefficient (Wildman–Crippen LogP) is 1.95. The van der Waals surface area contributed by atoms with Gasteiger partial charge in [-0.15, -0.1) is 11.3 Å². The average Bonchev–Trinajstić information content (AvgIpc) is 2.54. The quantitative estimate of drug-likeness (QED) is 0.808. The summed E-state index contributed by atoms with van der Waals surface area (Å²) in [5.41, 5.74) is 0. The molecule has 2 nitrogen and oxygen atoms in total. The van der Waals surface area contributed by atoms with E-state index in [0.29, 0.717) is 5.92 Å². The first-order valence-corrected chi connectivity index (χ1v) is 6.05. The van der Waals surface area contributed by atoms with Crippen LogP contribution in [0, 0.1) is 5.92 Å². The summed E-state index contributed by atoms with van der Waals surface area (Å²) in [6, 6.07) is 4.25. The lowest BCUT2D eigenvalue weighted by atomic mass is 9.98. The Balaban J connectivity index is 1.91. The molecule has 1 fully saturated rings. The fourth-order valence-electron chi connectivity index (χ4n) is 2.18. The van der Waals surface area contributed by atoms with E-state index in [-0.39, 0.29) is 6.10 Å². The summed E-state index contributed by atoms with van der Waals surface area (Å²) in [5.74, 6) is 0.624. The van der Waals surface area contributed by atoms with E-state index < -0.39 is 0 Å². The zero-order valence-electron chi connectivity index (χ0n) is 8.52. The van der Waals surface area contributed by atoms with Crippen molar-refractivity contribution in [3.63, 3.8) is 0 Å². The van der Waals surface area contributed by atoms with E-state index in [0.717, 1.165) is 26.1 Å². The van der Waals surface area contributed by atoms with Crippen molar-refractivity contribution in [3.05, 3.63) is 22.4 Å². The number of hydrogen-bond acceptors (Lipinski definition) is 3. The average molecular weight is 211 g/mol. The zero-order chi connectivity index (χ0) is 9.97.